The third-order valence-corrected chi connectivity index (χ3v) is 5.16. The summed E-state index contributed by atoms with van der Waals surface area (Å²) in [4.78, 5) is 0. The Morgan fingerprint density at radius 2 is 2.05 bits per heavy atom. The van der Waals surface area contributed by atoms with Crippen LogP contribution in [0.1, 0.15) is 25.8 Å². The van der Waals surface area contributed by atoms with Gasteiger partial charge in [-0.15, -0.1) is 0 Å². The Morgan fingerprint density at radius 1 is 1.37 bits per heavy atom. The summed E-state index contributed by atoms with van der Waals surface area (Å²) in [5, 5.41) is 3.58. The quantitative estimate of drug-likeness (QED) is 0.842. The van der Waals surface area contributed by atoms with Gasteiger partial charge in [0.05, 0.1) is 5.25 Å². The van der Waals surface area contributed by atoms with Gasteiger partial charge in [-0.25, -0.2) is 8.42 Å². The zero-order valence-electron chi connectivity index (χ0n) is 11.7. The number of hydrogen-bond donors (Lipinski definition) is 1. The molecule has 108 valence electrons. The number of nitrogens with one attached hydrogen (secondary N) is 1. The third kappa shape index (κ3) is 5.51. The molecule has 1 aromatic rings. The zero-order valence-corrected chi connectivity index (χ0v) is 13.3. The van der Waals surface area contributed by atoms with E-state index in [0.29, 0.717) is 11.4 Å². The van der Waals surface area contributed by atoms with E-state index < -0.39 is 15.1 Å². The Labute approximate surface area is 121 Å². The molecule has 1 aromatic carbocycles. The lowest BCUT2D eigenvalue weighted by molar-refractivity contribution is 0.482. The molecule has 0 radical (unpaired) electrons. The molecule has 2 atom stereocenters. The molecule has 1 rings (SSSR count). The molecule has 0 aliphatic rings. The van der Waals surface area contributed by atoms with Crippen LogP contribution >= 0.6 is 11.6 Å². The summed E-state index contributed by atoms with van der Waals surface area (Å²) in [7, 11) is -3.06. The van der Waals surface area contributed by atoms with E-state index in [2.05, 4.69) is 12.2 Å². The number of sulfone groups is 1. The smallest absolute Gasteiger partial charge is 0.151 e. The summed E-state index contributed by atoms with van der Waals surface area (Å²) < 4.78 is 23.5. The second-order valence-corrected chi connectivity index (χ2v) is 7.77. The van der Waals surface area contributed by atoms with Crippen molar-refractivity contribution in [1.29, 1.82) is 0 Å². The maximum absolute atomic E-state index is 11.7. The minimum Gasteiger partial charge on any atom is -0.312 e. The maximum Gasteiger partial charge on any atom is 0.151 e. The number of benzene rings is 1. The Balaban J connectivity index is 2.85. The van der Waals surface area contributed by atoms with Gasteiger partial charge < -0.3 is 5.32 Å². The molecule has 5 heteroatoms. The first kappa shape index (κ1) is 16.5. The molecule has 2 unspecified atom stereocenters. The van der Waals surface area contributed by atoms with Gasteiger partial charge in [-0.1, -0.05) is 30.7 Å². The fourth-order valence-corrected chi connectivity index (χ4v) is 2.95. The average Bonchev–Trinajstić information content (AvgIpc) is 2.32. The van der Waals surface area contributed by atoms with E-state index in [1.165, 1.54) is 6.26 Å². The molecule has 0 heterocycles. The lowest BCUT2D eigenvalue weighted by atomic mass is 10.0. The summed E-state index contributed by atoms with van der Waals surface area (Å²) in [5.74, 6) is 0. The van der Waals surface area contributed by atoms with Crippen molar-refractivity contribution < 1.29 is 8.42 Å². The molecular formula is C14H22ClNO2S. The Morgan fingerprint density at radius 3 is 2.58 bits per heavy atom. The Kier molecular flexibility index (Phi) is 6.30. The van der Waals surface area contributed by atoms with Crippen molar-refractivity contribution in [2.24, 2.45) is 0 Å². The van der Waals surface area contributed by atoms with E-state index in [1.54, 1.807) is 6.92 Å². The van der Waals surface area contributed by atoms with Gasteiger partial charge in [0.2, 0.25) is 0 Å². The summed E-state index contributed by atoms with van der Waals surface area (Å²) in [6.07, 6.45) is 2.92. The largest absolute Gasteiger partial charge is 0.312 e. The highest BCUT2D eigenvalue weighted by atomic mass is 35.5. The fraction of sp³-hybridized carbons (Fsp3) is 0.571. The van der Waals surface area contributed by atoms with E-state index >= 15 is 0 Å². The van der Waals surface area contributed by atoms with Crippen LogP contribution in [0.4, 0.5) is 0 Å². The fourth-order valence-electron chi connectivity index (χ4n) is 1.95. The van der Waals surface area contributed by atoms with Crippen LogP contribution in [-0.4, -0.2) is 32.5 Å². The van der Waals surface area contributed by atoms with Crippen LogP contribution in [0, 0.1) is 0 Å². The van der Waals surface area contributed by atoms with Crippen molar-refractivity contribution in [3.05, 3.63) is 34.9 Å². The summed E-state index contributed by atoms with van der Waals surface area (Å²) in [6, 6.07) is 7.48. The van der Waals surface area contributed by atoms with Gasteiger partial charge in [0.15, 0.2) is 9.84 Å². The molecule has 0 saturated heterocycles. The van der Waals surface area contributed by atoms with Gasteiger partial charge in [-0.2, -0.15) is 0 Å². The van der Waals surface area contributed by atoms with Crippen LogP contribution in [0.25, 0.3) is 0 Å². The highest BCUT2D eigenvalue weighted by molar-refractivity contribution is 7.91. The van der Waals surface area contributed by atoms with Gasteiger partial charge in [0, 0.05) is 17.3 Å². The van der Waals surface area contributed by atoms with Gasteiger partial charge in [-0.05, 0) is 44.0 Å². The molecule has 0 amide bonds. The average molecular weight is 304 g/mol. The maximum atomic E-state index is 11.7. The van der Waals surface area contributed by atoms with Crippen molar-refractivity contribution in [2.75, 3.05) is 12.8 Å². The predicted molar refractivity (Wildman–Crippen MR) is 81.5 cm³/mol. The van der Waals surface area contributed by atoms with E-state index in [9.17, 15) is 8.42 Å². The van der Waals surface area contributed by atoms with Gasteiger partial charge in [-0.3, -0.25) is 0 Å². The summed E-state index contributed by atoms with van der Waals surface area (Å²) >= 11 is 5.96. The first-order valence-electron chi connectivity index (χ1n) is 6.51. The SMILES string of the molecule is CCCNC(Cc1cccc(Cl)c1)C(C)S(C)(=O)=O. The topological polar surface area (TPSA) is 46.2 Å². The molecule has 0 aliphatic carbocycles. The highest BCUT2D eigenvalue weighted by Crippen LogP contribution is 2.15. The molecule has 0 aromatic heterocycles. The van der Waals surface area contributed by atoms with Crippen LogP contribution in [0.2, 0.25) is 5.02 Å². The normalized spacial score (nSPS) is 15.2. The Hall–Kier alpha value is -0.580. The second-order valence-electron chi connectivity index (χ2n) is 4.93. The van der Waals surface area contributed by atoms with E-state index in [1.807, 2.05) is 24.3 Å². The van der Waals surface area contributed by atoms with E-state index in [0.717, 1.165) is 18.5 Å². The van der Waals surface area contributed by atoms with Crippen LogP contribution in [0.15, 0.2) is 24.3 Å². The molecule has 1 N–H and O–H groups in total. The molecule has 0 saturated carbocycles. The minimum atomic E-state index is -3.06. The molecule has 0 spiro atoms. The summed E-state index contributed by atoms with van der Waals surface area (Å²) in [6.45, 7) is 4.63. The first-order valence-corrected chi connectivity index (χ1v) is 8.84. The highest BCUT2D eigenvalue weighted by Gasteiger charge is 2.25. The monoisotopic (exact) mass is 303 g/mol. The Bertz CT molecular complexity index is 502. The number of rotatable bonds is 7. The summed E-state index contributed by atoms with van der Waals surface area (Å²) in [5.41, 5.74) is 1.05. The van der Waals surface area contributed by atoms with Crippen LogP contribution in [0.5, 0.6) is 0 Å². The zero-order chi connectivity index (χ0) is 14.5. The standard InChI is InChI=1S/C14H22ClNO2S/c1-4-8-16-14(11(2)19(3,17)18)10-12-6-5-7-13(15)9-12/h5-7,9,11,14,16H,4,8,10H2,1-3H3. The van der Waals surface area contributed by atoms with Crippen molar-refractivity contribution >= 4 is 21.4 Å². The van der Waals surface area contributed by atoms with Gasteiger partial charge >= 0.3 is 0 Å². The van der Waals surface area contributed by atoms with Crippen molar-refractivity contribution in [1.82, 2.24) is 5.32 Å². The molecular weight excluding hydrogens is 282 g/mol. The first-order chi connectivity index (χ1) is 8.84. The van der Waals surface area contributed by atoms with Crippen LogP contribution < -0.4 is 5.32 Å². The van der Waals surface area contributed by atoms with Crippen LogP contribution in [-0.2, 0) is 16.3 Å². The van der Waals surface area contributed by atoms with Crippen molar-refractivity contribution in [3.8, 4) is 0 Å². The van der Waals surface area contributed by atoms with Gasteiger partial charge in [0.25, 0.3) is 0 Å². The van der Waals surface area contributed by atoms with Crippen molar-refractivity contribution in [3.63, 3.8) is 0 Å². The molecule has 19 heavy (non-hydrogen) atoms. The molecule has 3 nitrogen and oxygen atoms in total. The second kappa shape index (κ2) is 7.27. The number of hydrogen-bond acceptors (Lipinski definition) is 3. The lowest BCUT2D eigenvalue weighted by Gasteiger charge is -2.24. The van der Waals surface area contributed by atoms with Crippen LogP contribution in [0.3, 0.4) is 0 Å². The van der Waals surface area contributed by atoms with E-state index in [-0.39, 0.29) is 6.04 Å². The van der Waals surface area contributed by atoms with Gasteiger partial charge in [0.1, 0.15) is 0 Å². The molecule has 0 fully saturated rings. The lowest BCUT2D eigenvalue weighted by Crippen LogP contribution is -2.44. The molecule has 0 bridgehead atoms. The minimum absolute atomic E-state index is 0.0894. The molecule has 0 aliphatic heterocycles. The van der Waals surface area contributed by atoms with Crippen molar-refractivity contribution in [2.45, 2.75) is 38.0 Å². The number of halogens is 1. The van der Waals surface area contributed by atoms with E-state index in [4.69, 9.17) is 11.6 Å². The third-order valence-electron chi connectivity index (χ3n) is 3.24. The predicted octanol–water partition coefficient (Wildman–Crippen LogP) is 2.68.